The summed E-state index contributed by atoms with van der Waals surface area (Å²) in [6.07, 6.45) is 3.34. The second kappa shape index (κ2) is 8.74. The van der Waals surface area contributed by atoms with Gasteiger partial charge in [-0.05, 0) is 32.1 Å². The van der Waals surface area contributed by atoms with Crippen LogP contribution in [0, 0.1) is 0 Å². The molecule has 0 unspecified atom stereocenters. The van der Waals surface area contributed by atoms with Crippen LogP contribution in [0.25, 0.3) is 0 Å². The predicted octanol–water partition coefficient (Wildman–Crippen LogP) is 1.76. The first-order chi connectivity index (χ1) is 9.87. The highest BCUT2D eigenvalue weighted by Gasteiger charge is 2.37. The third-order valence-electron chi connectivity index (χ3n) is 4.03. The third kappa shape index (κ3) is 6.07. The summed E-state index contributed by atoms with van der Waals surface area (Å²) in [6.45, 7) is 0.579. The van der Waals surface area contributed by atoms with Crippen molar-refractivity contribution in [3.05, 3.63) is 0 Å². The molecule has 7 nitrogen and oxygen atoms in total. The highest BCUT2D eigenvalue weighted by molar-refractivity contribution is 7.52. The van der Waals surface area contributed by atoms with Crippen molar-refractivity contribution in [1.29, 1.82) is 0 Å². The molecule has 0 bridgehead atoms. The normalized spacial score (nSPS) is 24.2. The molecule has 0 atom stereocenters. The molecule has 21 heavy (non-hydrogen) atoms. The van der Waals surface area contributed by atoms with Crippen molar-refractivity contribution in [2.24, 2.45) is 0 Å². The number of rotatable bonds is 9. The van der Waals surface area contributed by atoms with Crippen LogP contribution in [-0.2, 0) is 22.6 Å². The topological polar surface area (TPSA) is 94.5 Å². The van der Waals surface area contributed by atoms with Crippen molar-refractivity contribution >= 4 is 16.4 Å². The van der Waals surface area contributed by atoms with Gasteiger partial charge in [0.05, 0.1) is 11.8 Å². The van der Waals surface area contributed by atoms with E-state index in [2.05, 4.69) is 0 Å². The second-order valence-corrected chi connectivity index (χ2v) is 10.3. The zero-order valence-corrected chi connectivity index (χ0v) is 14.9. The molecule has 0 amide bonds. The molecular formula is C12H27O7PSi. The highest BCUT2D eigenvalue weighted by Crippen LogP contribution is 2.48. The maximum atomic E-state index is 11.2. The molecule has 1 aliphatic rings. The summed E-state index contributed by atoms with van der Waals surface area (Å²) in [7, 11) is -1.70. The largest absolute Gasteiger partial charge is 0.500 e. The van der Waals surface area contributed by atoms with Crippen molar-refractivity contribution < 1.29 is 32.4 Å². The van der Waals surface area contributed by atoms with Gasteiger partial charge in [-0.2, -0.15) is 0 Å². The van der Waals surface area contributed by atoms with Gasteiger partial charge in [-0.15, -0.1) is 0 Å². The smallest absolute Gasteiger partial charge is 0.378 e. The highest BCUT2D eigenvalue weighted by atomic mass is 31.2. The summed E-state index contributed by atoms with van der Waals surface area (Å²) >= 11 is 0. The van der Waals surface area contributed by atoms with Crippen LogP contribution in [-0.4, -0.2) is 58.3 Å². The van der Waals surface area contributed by atoms with Gasteiger partial charge in [0.1, 0.15) is 0 Å². The average molecular weight is 342 g/mol. The molecule has 1 rings (SSSR count). The van der Waals surface area contributed by atoms with Crippen LogP contribution in [0.5, 0.6) is 0 Å². The van der Waals surface area contributed by atoms with Crippen molar-refractivity contribution in [2.75, 3.05) is 27.9 Å². The minimum Gasteiger partial charge on any atom is -0.378 e. The number of ether oxygens (including phenoxy) is 1. The molecule has 1 fully saturated rings. The van der Waals surface area contributed by atoms with Gasteiger partial charge >= 0.3 is 16.4 Å². The van der Waals surface area contributed by atoms with Gasteiger partial charge in [-0.1, -0.05) is 0 Å². The van der Waals surface area contributed by atoms with E-state index in [0.717, 1.165) is 6.42 Å². The lowest BCUT2D eigenvalue weighted by molar-refractivity contribution is 0.0255. The summed E-state index contributed by atoms with van der Waals surface area (Å²) < 4.78 is 33.0. The van der Waals surface area contributed by atoms with Crippen LogP contribution in [0.1, 0.15) is 32.1 Å². The molecule has 9 heteroatoms. The van der Waals surface area contributed by atoms with E-state index < -0.39 is 22.1 Å². The van der Waals surface area contributed by atoms with Gasteiger partial charge in [0.2, 0.25) is 0 Å². The molecule has 0 aromatic heterocycles. The fourth-order valence-electron chi connectivity index (χ4n) is 2.64. The van der Waals surface area contributed by atoms with E-state index in [9.17, 15) is 4.57 Å². The van der Waals surface area contributed by atoms with Gasteiger partial charge in [0, 0.05) is 34.0 Å². The SMILES string of the molecule is CO[Si](CCCOC1CCC(P(=O)(O)O)CC1)(OC)OC. The quantitative estimate of drug-likeness (QED) is 0.374. The van der Waals surface area contributed by atoms with Crippen LogP contribution in [0.3, 0.4) is 0 Å². The van der Waals surface area contributed by atoms with Gasteiger partial charge in [-0.25, -0.2) is 0 Å². The maximum Gasteiger partial charge on any atom is 0.500 e. The Bertz CT molecular complexity index is 328. The number of hydrogen-bond acceptors (Lipinski definition) is 5. The molecule has 0 spiro atoms. The van der Waals surface area contributed by atoms with E-state index in [4.69, 9.17) is 27.8 Å². The molecule has 0 aromatic rings. The second-order valence-electron chi connectivity index (χ2n) is 5.29. The summed E-state index contributed by atoms with van der Waals surface area (Å²) in [5.74, 6) is 0. The molecule has 1 aliphatic carbocycles. The predicted molar refractivity (Wildman–Crippen MR) is 80.2 cm³/mol. The minimum absolute atomic E-state index is 0.0940. The van der Waals surface area contributed by atoms with Crippen molar-refractivity contribution in [3.8, 4) is 0 Å². The molecule has 2 N–H and O–H groups in total. The summed E-state index contributed by atoms with van der Waals surface area (Å²) in [6, 6.07) is 0.689. The van der Waals surface area contributed by atoms with Crippen molar-refractivity contribution in [1.82, 2.24) is 0 Å². The Hall–Kier alpha value is 0.207. The molecule has 0 aliphatic heterocycles. The molecular weight excluding hydrogens is 315 g/mol. The molecule has 126 valence electrons. The van der Waals surface area contributed by atoms with E-state index in [1.807, 2.05) is 0 Å². The zero-order valence-electron chi connectivity index (χ0n) is 13.0. The summed E-state index contributed by atoms with van der Waals surface area (Å²) in [5.41, 5.74) is -0.493. The van der Waals surface area contributed by atoms with E-state index >= 15 is 0 Å². The number of hydrogen-bond donors (Lipinski definition) is 2. The molecule has 0 heterocycles. The molecule has 1 saturated carbocycles. The Morgan fingerprint density at radius 1 is 1.05 bits per heavy atom. The van der Waals surface area contributed by atoms with Gasteiger partial charge in [0.15, 0.2) is 0 Å². The maximum absolute atomic E-state index is 11.2. The third-order valence-corrected chi connectivity index (χ3v) is 8.33. The first kappa shape index (κ1) is 19.3. The lowest BCUT2D eigenvalue weighted by atomic mass is 9.97. The Morgan fingerprint density at radius 3 is 2.00 bits per heavy atom. The molecule has 0 saturated heterocycles. The Balaban J connectivity index is 2.22. The van der Waals surface area contributed by atoms with E-state index in [1.54, 1.807) is 21.3 Å². The van der Waals surface area contributed by atoms with Gasteiger partial charge < -0.3 is 27.8 Å². The van der Waals surface area contributed by atoms with Gasteiger partial charge in [-0.3, -0.25) is 4.57 Å². The average Bonchev–Trinajstić information content (AvgIpc) is 2.48. The first-order valence-corrected chi connectivity index (χ1v) is 10.8. The Kier molecular flexibility index (Phi) is 8.01. The summed E-state index contributed by atoms with van der Waals surface area (Å²) in [5, 5.41) is 0. The standard InChI is InChI=1S/C12H27O7PSi/c1-16-21(17-2,18-3)10-4-9-19-11-5-7-12(8-6-11)20(13,14)15/h11-12H,4-10H2,1-3H3,(H2,13,14,15). The van der Waals surface area contributed by atoms with Crippen LogP contribution < -0.4 is 0 Å². The van der Waals surface area contributed by atoms with Crippen molar-refractivity contribution in [3.63, 3.8) is 0 Å². The fraction of sp³-hybridized carbons (Fsp3) is 1.00. The molecule has 0 aromatic carbocycles. The van der Waals surface area contributed by atoms with E-state index in [0.29, 0.717) is 38.3 Å². The van der Waals surface area contributed by atoms with Crippen LogP contribution in [0.4, 0.5) is 0 Å². The van der Waals surface area contributed by atoms with E-state index in [-0.39, 0.29) is 6.10 Å². The monoisotopic (exact) mass is 342 g/mol. The van der Waals surface area contributed by atoms with Gasteiger partial charge in [0.25, 0.3) is 0 Å². The first-order valence-electron chi connectivity index (χ1n) is 7.19. The van der Waals surface area contributed by atoms with Crippen LogP contribution in [0.15, 0.2) is 0 Å². The lowest BCUT2D eigenvalue weighted by Gasteiger charge is -2.29. The van der Waals surface area contributed by atoms with E-state index in [1.165, 1.54) is 0 Å². The Morgan fingerprint density at radius 2 is 1.57 bits per heavy atom. The van der Waals surface area contributed by atoms with Crippen molar-refractivity contribution in [2.45, 2.75) is 49.9 Å². The zero-order chi connectivity index (χ0) is 15.9. The Labute approximate surface area is 127 Å². The molecule has 0 radical (unpaired) electrons. The van der Waals surface area contributed by atoms with Crippen LogP contribution in [0.2, 0.25) is 6.04 Å². The lowest BCUT2D eigenvalue weighted by Crippen LogP contribution is -2.42. The minimum atomic E-state index is -3.93. The fourth-order valence-corrected chi connectivity index (χ4v) is 5.30. The van der Waals surface area contributed by atoms with Crippen LogP contribution >= 0.6 is 7.60 Å². The summed E-state index contributed by atoms with van der Waals surface area (Å²) in [4.78, 5) is 18.3.